The van der Waals surface area contributed by atoms with Gasteiger partial charge in [0.05, 0.1) is 48.0 Å². The molecular weight excluding hydrogens is 866 g/mol. The van der Waals surface area contributed by atoms with Gasteiger partial charge in [0.1, 0.15) is 31.0 Å². The number of nitro benzene ring substituents is 1. The highest BCUT2D eigenvalue weighted by Crippen LogP contribution is 2.23. The summed E-state index contributed by atoms with van der Waals surface area (Å²) in [6, 6.07) is 41.7. The van der Waals surface area contributed by atoms with Crippen LogP contribution >= 0.6 is 0 Å². The van der Waals surface area contributed by atoms with E-state index in [0.29, 0.717) is 29.1 Å². The van der Waals surface area contributed by atoms with Gasteiger partial charge in [-0.1, -0.05) is 119 Å². The normalized spacial score (nSPS) is 9.40. The highest BCUT2D eigenvalue weighted by Gasteiger charge is 2.14. The topological polar surface area (TPSA) is 314 Å². The maximum atomic E-state index is 11.4. The third-order valence-corrected chi connectivity index (χ3v) is 8.05. The zero-order valence-corrected chi connectivity index (χ0v) is 37.5. The molecule has 18 heteroatoms. The molecule has 356 valence electrons. The van der Waals surface area contributed by atoms with Crippen LogP contribution in [0.1, 0.15) is 76.1 Å². The molecule has 0 aliphatic heterocycles. The van der Waals surface area contributed by atoms with Gasteiger partial charge < -0.3 is 37.5 Å². The van der Waals surface area contributed by atoms with Crippen molar-refractivity contribution >= 4 is 57.6 Å². The van der Waals surface area contributed by atoms with E-state index in [-0.39, 0.29) is 28.5 Å². The minimum atomic E-state index is -1.22. The molecule has 0 aliphatic carbocycles. The Balaban J connectivity index is 0.000000822. The Hall–Kier alpha value is -8.16. The van der Waals surface area contributed by atoms with Crippen LogP contribution in [-0.4, -0.2) is 74.4 Å². The minimum Gasteiger partial charge on any atom is -0.478 e. The number of nitrogen functional groups attached to an aromatic ring is 3. The second kappa shape index (κ2) is 34.3. The van der Waals surface area contributed by atoms with Gasteiger partial charge in [0.15, 0.2) is 11.6 Å². The number of ketones is 2. The smallest absolute Gasteiger partial charge is 0.335 e. The molecule has 0 atom stereocenters. The number of fused-ring (bicyclic) bond motifs is 1. The number of hydrogen-bond acceptors (Lipinski definition) is 14. The van der Waals surface area contributed by atoms with Gasteiger partial charge in [-0.05, 0) is 54.1 Å². The predicted octanol–water partition coefficient (Wildman–Crippen LogP) is 8.52. The Morgan fingerprint density at radius 2 is 1.21 bits per heavy atom. The van der Waals surface area contributed by atoms with E-state index in [2.05, 4.69) is 14.8 Å². The molecule has 0 amide bonds. The summed E-state index contributed by atoms with van der Waals surface area (Å²) in [5.74, 6) is 3.76. The zero-order chi connectivity index (χ0) is 51.4. The van der Waals surface area contributed by atoms with Crippen LogP contribution in [0.3, 0.4) is 0 Å². The number of rotatable bonds is 10. The molecule has 0 fully saturated rings. The zero-order valence-electron chi connectivity index (χ0n) is 38.5. The number of Topliss-reactive ketones (excluding diaryl/α,β-unsaturated/α-hetero) is 2. The van der Waals surface area contributed by atoms with Crippen LogP contribution in [-0.2, 0) is 11.4 Å². The lowest BCUT2D eigenvalue weighted by molar-refractivity contribution is -0.383. The number of aldehydes is 1. The third-order valence-electron chi connectivity index (χ3n) is 8.05. The molecule has 0 radical (unpaired) electrons. The number of aromatic carboxylic acids is 1. The quantitative estimate of drug-likeness (QED) is 0.0209. The highest BCUT2D eigenvalue weighted by molar-refractivity contribution is 6.00. The van der Waals surface area contributed by atoms with Crippen molar-refractivity contribution in [2.24, 2.45) is 5.90 Å². The number of imidazole rings is 1. The molecule has 0 spiro atoms. The van der Waals surface area contributed by atoms with E-state index in [4.69, 9.17) is 39.8 Å². The first-order valence-corrected chi connectivity index (χ1v) is 20.2. The van der Waals surface area contributed by atoms with Gasteiger partial charge in [0.2, 0.25) is 0 Å². The van der Waals surface area contributed by atoms with Gasteiger partial charge in [0, 0.05) is 28.3 Å². The number of benzene rings is 6. The van der Waals surface area contributed by atoms with E-state index in [1.54, 1.807) is 30.3 Å². The number of alkyl halides is 1. The number of aliphatic hydroxyl groups excluding tert-OH is 2. The summed E-state index contributed by atoms with van der Waals surface area (Å²) >= 11 is 0. The van der Waals surface area contributed by atoms with Gasteiger partial charge in [-0.25, -0.2) is 15.7 Å². The summed E-state index contributed by atoms with van der Waals surface area (Å²) in [6.45, 7) is 7.50. The fraction of sp³-hybridized carbons (Fsp3) is 0.163. The van der Waals surface area contributed by atoms with E-state index in [1.807, 2.05) is 107 Å². The van der Waals surface area contributed by atoms with Gasteiger partial charge in [-0.2, -0.15) is 0 Å². The Bertz CT molecular complexity index is 2550. The molecule has 12 N–H and O–H groups in total. The van der Waals surface area contributed by atoms with Crippen LogP contribution in [0.5, 0.6) is 0 Å². The Morgan fingerprint density at radius 3 is 1.67 bits per heavy atom. The predicted molar refractivity (Wildman–Crippen MR) is 261 cm³/mol. The van der Waals surface area contributed by atoms with Crippen LogP contribution in [0.15, 0.2) is 146 Å². The maximum Gasteiger partial charge on any atom is 0.335 e. The van der Waals surface area contributed by atoms with Gasteiger partial charge in [0.25, 0.3) is 5.69 Å². The number of anilines is 3. The average Bonchev–Trinajstić information content (AvgIpc) is 3.81. The minimum absolute atomic E-state index is 0.0463. The number of aromatic amines is 1. The molecule has 0 aliphatic rings. The second-order valence-corrected chi connectivity index (χ2v) is 12.4. The average molecular weight is 925 g/mol. The fourth-order valence-corrected chi connectivity index (χ4v) is 4.88. The summed E-state index contributed by atoms with van der Waals surface area (Å²) in [5.41, 5.74) is 21.6. The molecule has 0 saturated carbocycles. The number of nitrogens with one attached hydrogen (secondary N) is 1. The molecule has 1 heterocycles. The van der Waals surface area contributed by atoms with E-state index in [0.717, 1.165) is 45.9 Å². The number of aliphatic hydroxyl groups is 2. The SMILES string of the molecule is CC.CC.NOCc1ccccc1.Nc1ccc(C(=O)CO)cc1N.Nc1ccc(C(=O)O)cc1[N+](=O)[O-].O=C(CO)c1ccc2nc(-c3ccccc3)[nH]c2c1.O=Cc1ccccc1.[2H]CF. The number of H-pyrrole nitrogens is 1. The molecule has 17 nitrogen and oxygen atoms in total. The molecule has 0 saturated heterocycles. The van der Waals surface area contributed by atoms with Crippen LogP contribution in [0.25, 0.3) is 22.4 Å². The van der Waals surface area contributed by atoms with E-state index in [9.17, 15) is 33.7 Å². The largest absolute Gasteiger partial charge is 0.478 e. The van der Waals surface area contributed by atoms with Crippen molar-refractivity contribution in [1.82, 2.24) is 9.97 Å². The number of carbonyl (C=O) groups is 4. The number of carboxylic acids is 1. The van der Waals surface area contributed by atoms with E-state index >= 15 is 0 Å². The lowest BCUT2D eigenvalue weighted by Crippen LogP contribution is -2.05. The molecule has 7 aromatic rings. The Morgan fingerprint density at radius 1 is 0.731 bits per heavy atom. The molecule has 1 aromatic heterocycles. The summed E-state index contributed by atoms with van der Waals surface area (Å²) in [7, 11) is -1.00. The first-order valence-electron chi connectivity index (χ1n) is 20.9. The standard InChI is InChI=1S/C15H12N2O2.C8H10N2O2.C7H6N2O4.C7H9NO.C7H6O.2C2H6.CH3F/c18-9-14(19)11-6-7-12-13(8-11)17-15(16-12)10-4-2-1-3-5-10;9-6-2-1-5(3-7(6)10)8(12)4-11;8-5-2-1-4(7(10)11)3-6(5)9(12)13;8-9-6-7-4-2-1-3-5-7;8-6-7-4-2-1-3-5-7;3*1-2/h1-8,18H,9H2,(H,16,17);1-3,11H,4,9-10H2;1-3H,8H2,(H,10,11);1-5H,6,8H2;1-6H;2*1-2H3;1H3/i;;;;;;;1D. The van der Waals surface area contributed by atoms with Crippen molar-refractivity contribution in [3.05, 3.63) is 184 Å². The Kier molecular flexibility index (Phi) is 29.1. The number of carboxylic acid groups (broad SMARTS) is 1. The molecule has 67 heavy (non-hydrogen) atoms. The number of hydrogen-bond donors (Lipinski definition) is 8. The third kappa shape index (κ3) is 21.4. The number of nitrogens with zero attached hydrogens (tertiary/aromatic N) is 2. The number of halogens is 1. The summed E-state index contributed by atoms with van der Waals surface area (Å²) in [6.07, 6.45) is 0.833. The van der Waals surface area contributed by atoms with Crippen molar-refractivity contribution < 1.29 is 50.0 Å². The van der Waals surface area contributed by atoms with Gasteiger partial charge >= 0.3 is 5.97 Å². The van der Waals surface area contributed by atoms with E-state index in [1.165, 1.54) is 30.3 Å². The highest BCUT2D eigenvalue weighted by atomic mass is 19.1. The first-order chi connectivity index (χ1) is 32.7. The number of nitrogens with two attached hydrogens (primary N) is 4. The maximum absolute atomic E-state index is 11.4. The van der Waals surface area contributed by atoms with Crippen LogP contribution < -0.4 is 23.1 Å². The molecule has 0 bridgehead atoms. The molecule has 6 aromatic carbocycles. The summed E-state index contributed by atoms with van der Waals surface area (Å²) < 4.78 is 15.5. The van der Waals surface area contributed by atoms with E-state index < -0.39 is 31.3 Å². The van der Waals surface area contributed by atoms with Crippen LogP contribution in [0.4, 0.5) is 27.1 Å². The van der Waals surface area contributed by atoms with Gasteiger partial charge in [-0.3, -0.25) is 33.7 Å². The van der Waals surface area contributed by atoms with Crippen molar-refractivity contribution in [3.63, 3.8) is 0 Å². The van der Waals surface area contributed by atoms with Crippen LogP contribution in [0.2, 0.25) is 0 Å². The molecule has 0 unspecified atom stereocenters. The lowest BCUT2D eigenvalue weighted by Gasteiger charge is -2.01. The van der Waals surface area contributed by atoms with Crippen molar-refractivity contribution in [1.29, 1.82) is 0 Å². The Labute approximate surface area is 389 Å². The van der Waals surface area contributed by atoms with Crippen molar-refractivity contribution in [3.8, 4) is 11.4 Å². The van der Waals surface area contributed by atoms with Gasteiger partial charge in [-0.15, -0.1) is 0 Å². The molecule has 7 rings (SSSR count). The number of aromatic nitrogens is 2. The monoisotopic (exact) mass is 924 g/mol. The van der Waals surface area contributed by atoms with Crippen LogP contribution in [0, 0.1) is 10.1 Å². The molecular formula is C49H58FN7O10. The number of nitro groups is 1. The number of carbonyl (C=O) groups excluding carboxylic acids is 3. The van der Waals surface area contributed by atoms with Crippen molar-refractivity contribution in [2.75, 3.05) is 37.6 Å². The lowest BCUT2D eigenvalue weighted by atomic mass is 10.1. The van der Waals surface area contributed by atoms with Crippen molar-refractivity contribution in [2.45, 2.75) is 34.3 Å². The first kappa shape index (κ1) is 56.9. The fourth-order valence-electron chi connectivity index (χ4n) is 4.88. The second-order valence-electron chi connectivity index (χ2n) is 12.4. The summed E-state index contributed by atoms with van der Waals surface area (Å²) in [4.78, 5) is 64.5. The summed E-state index contributed by atoms with van der Waals surface area (Å²) in [5, 5.41) is 36.2.